The summed E-state index contributed by atoms with van der Waals surface area (Å²) in [5.41, 5.74) is 1.24. The first-order valence-corrected chi connectivity index (χ1v) is 11.0. The number of amides is 1. The molecule has 3 rings (SSSR count). The average Bonchev–Trinajstić information content (AvgIpc) is 3.08. The van der Waals surface area contributed by atoms with Crippen LogP contribution in [0.5, 0.6) is 0 Å². The largest absolute Gasteiger partial charge is 0.444 e. The summed E-state index contributed by atoms with van der Waals surface area (Å²) in [5.74, 6) is -0.459. The van der Waals surface area contributed by atoms with Crippen LogP contribution in [0.25, 0.3) is 22.2 Å². The van der Waals surface area contributed by atoms with Crippen LogP contribution in [0.2, 0.25) is 0 Å². The Morgan fingerprint density at radius 1 is 1.03 bits per heavy atom. The highest BCUT2D eigenvalue weighted by molar-refractivity contribution is 5.89. The van der Waals surface area contributed by atoms with Gasteiger partial charge in [-0.1, -0.05) is 6.07 Å². The van der Waals surface area contributed by atoms with Gasteiger partial charge in [0, 0.05) is 24.5 Å². The van der Waals surface area contributed by atoms with Crippen molar-refractivity contribution < 1.29 is 23.5 Å². The first kappa shape index (κ1) is 25.1. The monoisotopic (exact) mass is 470 g/mol. The molecule has 0 saturated heterocycles. The van der Waals surface area contributed by atoms with Crippen molar-refractivity contribution in [3.63, 3.8) is 0 Å². The van der Waals surface area contributed by atoms with Crippen molar-refractivity contribution in [3.8, 4) is 11.3 Å². The molecule has 0 spiro atoms. The quantitative estimate of drug-likeness (QED) is 0.488. The molecule has 2 heterocycles. The zero-order valence-corrected chi connectivity index (χ0v) is 20.9. The molecule has 0 N–H and O–H groups in total. The minimum atomic E-state index is -0.664. The molecule has 9 heteroatoms. The SMILES string of the molecule is Cc1cc(CN(C)C(=O)OC(C)(C)C)cc(F)c1-c1cc2cnn(C(=O)OC(C)(C)C)c2cn1. The molecule has 0 fully saturated rings. The van der Waals surface area contributed by atoms with Crippen molar-refractivity contribution in [1.82, 2.24) is 19.7 Å². The number of fused-ring (bicyclic) bond motifs is 1. The number of aryl methyl sites for hydroxylation is 1. The number of ether oxygens (including phenoxy) is 2. The lowest BCUT2D eigenvalue weighted by Gasteiger charge is -2.25. The molecule has 0 unspecified atom stereocenters. The second-order valence-electron chi connectivity index (χ2n) is 10.3. The van der Waals surface area contributed by atoms with Crippen LogP contribution >= 0.6 is 0 Å². The Kier molecular flexibility index (Phi) is 6.68. The van der Waals surface area contributed by atoms with Gasteiger partial charge < -0.3 is 14.4 Å². The van der Waals surface area contributed by atoms with E-state index in [1.54, 1.807) is 61.6 Å². The van der Waals surface area contributed by atoms with Crippen molar-refractivity contribution in [2.75, 3.05) is 7.05 Å². The number of pyridine rings is 1. The van der Waals surface area contributed by atoms with E-state index in [4.69, 9.17) is 9.47 Å². The van der Waals surface area contributed by atoms with Crippen LogP contribution < -0.4 is 0 Å². The summed E-state index contributed by atoms with van der Waals surface area (Å²) < 4.78 is 27.0. The Hall–Kier alpha value is -3.49. The smallest absolute Gasteiger partial charge is 0.435 e. The molecule has 3 aromatic rings. The van der Waals surface area contributed by atoms with E-state index < -0.39 is 29.2 Å². The Balaban J connectivity index is 1.87. The summed E-state index contributed by atoms with van der Waals surface area (Å²) in [6.45, 7) is 12.7. The summed E-state index contributed by atoms with van der Waals surface area (Å²) in [4.78, 5) is 30.4. The molecular weight excluding hydrogens is 439 g/mol. The number of nitrogens with zero attached hydrogens (tertiary/aromatic N) is 4. The molecule has 0 saturated carbocycles. The van der Waals surface area contributed by atoms with Crippen molar-refractivity contribution in [1.29, 1.82) is 0 Å². The van der Waals surface area contributed by atoms with Gasteiger partial charge >= 0.3 is 12.2 Å². The van der Waals surface area contributed by atoms with Crippen molar-refractivity contribution >= 4 is 23.1 Å². The zero-order chi connectivity index (χ0) is 25.4. The minimum Gasteiger partial charge on any atom is -0.444 e. The van der Waals surface area contributed by atoms with Crippen molar-refractivity contribution in [2.45, 2.75) is 66.2 Å². The molecule has 0 bridgehead atoms. The Bertz CT molecular complexity index is 1210. The van der Waals surface area contributed by atoms with E-state index in [1.807, 2.05) is 6.07 Å². The van der Waals surface area contributed by atoms with Crippen LogP contribution in [-0.4, -0.2) is 50.1 Å². The van der Waals surface area contributed by atoms with Crippen LogP contribution in [0.15, 0.2) is 30.6 Å². The summed E-state index contributed by atoms with van der Waals surface area (Å²) >= 11 is 0. The first-order valence-electron chi connectivity index (χ1n) is 11.0. The molecule has 8 nitrogen and oxygen atoms in total. The summed E-state index contributed by atoms with van der Waals surface area (Å²) in [6, 6.07) is 4.88. The Morgan fingerprint density at radius 3 is 2.26 bits per heavy atom. The van der Waals surface area contributed by atoms with Crippen LogP contribution in [0.4, 0.5) is 14.0 Å². The average molecular weight is 471 g/mol. The van der Waals surface area contributed by atoms with Gasteiger partial charge in [-0.05, 0) is 71.7 Å². The van der Waals surface area contributed by atoms with Gasteiger partial charge in [-0.2, -0.15) is 9.78 Å². The van der Waals surface area contributed by atoms with E-state index in [9.17, 15) is 9.59 Å². The van der Waals surface area contributed by atoms with Gasteiger partial charge in [-0.3, -0.25) is 4.98 Å². The van der Waals surface area contributed by atoms with Crippen LogP contribution in [0.1, 0.15) is 52.7 Å². The molecular formula is C25H31FN4O4. The third-order valence-corrected chi connectivity index (χ3v) is 4.75. The van der Waals surface area contributed by atoms with E-state index in [0.717, 1.165) is 4.68 Å². The Labute approximate surface area is 198 Å². The highest BCUT2D eigenvalue weighted by Gasteiger charge is 2.22. The molecule has 34 heavy (non-hydrogen) atoms. The van der Waals surface area contributed by atoms with E-state index >= 15 is 4.39 Å². The lowest BCUT2D eigenvalue weighted by atomic mass is 10.0. The molecule has 2 aromatic heterocycles. The Morgan fingerprint density at radius 2 is 1.68 bits per heavy atom. The predicted octanol–water partition coefficient (Wildman–Crippen LogP) is 5.70. The maximum Gasteiger partial charge on any atom is 0.435 e. The van der Waals surface area contributed by atoms with Gasteiger partial charge in [0.05, 0.1) is 23.6 Å². The topological polar surface area (TPSA) is 86.6 Å². The molecule has 0 aliphatic heterocycles. The number of carbonyl (C=O) groups excluding carboxylic acids is 2. The standard InChI is InChI=1S/C25H31FN4O4/c1-15-9-16(14-29(8)22(31)33-24(2,3)4)10-18(26)21(15)19-11-17-12-28-30(20(17)13-27-19)23(32)34-25(5,6)7/h9-13H,14H2,1-8H3. The molecule has 0 radical (unpaired) electrons. The lowest BCUT2D eigenvalue weighted by molar-refractivity contribution is 0.0284. The predicted molar refractivity (Wildman–Crippen MR) is 127 cm³/mol. The van der Waals surface area contributed by atoms with Gasteiger partial charge in [-0.25, -0.2) is 14.0 Å². The summed E-state index contributed by atoms with van der Waals surface area (Å²) in [7, 11) is 1.60. The second kappa shape index (κ2) is 9.04. The summed E-state index contributed by atoms with van der Waals surface area (Å²) in [6.07, 6.45) is 1.90. The van der Waals surface area contributed by atoms with E-state index in [1.165, 1.54) is 23.4 Å². The van der Waals surface area contributed by atoms with Gasteiger partial charge in [0.25, 0.3) is 0 Å². The highest BCUT2D eigenvalue weighted by Crippen LogP contribution is 2.29. The first-order chi connectivity index (χ1) is 15.6. The van der Waals surface area contributed by atoms with Crippen molar-refractivity contribution in [3.05, 3.63) is 47.5 Å². The molecule has 1 amide bonds. The maximum atomic E-state index is 15.2. The molecule has 0 atom stereocenters. The number of carbonyl (C=O) groups is 2. The fourth-order valence-electron chi connectivity index (χ4n) is 3.42. The van der Waals surface area contributed by atoms with Crippen LogP contribution in [-0.2, 0) is 16.0 Å². The number of rotatable bonds is 3. The van der Waals surface area contributed by atoms with Crippen LogP contribution in [0.3, 0.4) is 0 Å². The number of benzene rings is 1. The lowest BCUT2D eigenvalue weighted by Crippen LogP contribution is -2.33. The number of aromatic nitrogens is 3. The van der Waals surface area contributed by atoms with Gasteiger partial charge in [-0.15, -0.1) is 0 Å². The van der Waals surface area contributed by atoms with E-state index in [-0.39, 0.29) is 6.54 Å². The molecule has 0 aliphatic rings. The van der Waals surface area contributed by atoms with Gasteiger partial charge in [0.1, 0.15) is 17.0 Å². The fourth-order valence-corrected chi connectivity index (χ4v) is 3.42. The number of hydrogen-bond donors (Lipinski definition) is 0. The third kappa shape index (κ3) is 5.89. The van der Waals surface area contributed by atoms with E-state index in [2.05, 4.69) is 10.1 Å². The van der Waals surface area contributed by atoms with E-state index in [0.29, 0.717) is 33.3 Å². The summed E-state index contributed by atoms with van der Waals surface area (Å²) in [5, 5.41) is 4.73. The molecule has 182 valence electrons. The normalized spacial score (nSPS) is 12.0. The molecule has 1 aromatic carbocycles. The van der Waals surface area contributed by atoms with Gasteiger partial charge in [0.15, 0.2) is 0 Å². The van der Waals surface area contributed by atoms with Gasteiger partial charge in [0.2, 0.25) is 0 Å². The van der Waals surface area contributed by atoms with Crippen molar-refractivity contribution in [2.24, 2.45) is 0 Å². The highest BCUT2D eigenvalue weighted by atomic mass is 19.1. The maximum absolute atomic E-state index is 15.2. The molecule has 0 aliphatic carbocycles. The minimum absolute atomic E-state index is 0.197. The fraction of sp³-hybridized carbons (Fsp3) is 0.440. The third-order valence-electron chi connectivity index (χ3n) is 4.75. The second-order valence-corrected chi connectivity index (χ2v) is 10.3. The number of hydrogen-bond acceptors (Lipinski definition) is 6. The van der Waals surface area contributed by atoms with Crippen LogP contribution in [0, 0.1) is 12.7 Å². The zero-order valence-electron chi connectivity index (χ0n) is 20.9. The number of halogens is 1.